The van der Waals surface area contributed by atoms with Gasteiger partial charge < -0.3 is 14.2 Å². The second-order valence-corrected chi connectivity index (χ2v) is 11.3. The molecular formula is C29H34ClN7O. The quantitative estimate of drug-likeness (QED) is 0.319. The number of rotatable bonds is 5. The van der Waals surface area contributed by atoms with Crippen LogP contribution in [-0.4, -0.2) is 49.5 Å². The third-order valence-corrected chi connectivity index (χ3v) is 8.06. The third kappa shape index (κ3) is 4.66. The number of aryl methyl sites for hydroxylation is 2. The van der Waals surface area contributed by atoms with Crippen molar-refractivity contribution in [3.8, 4) is 23.1 Å². The summed E-state index contributed by atoms with van der Waals surface area (Å²) in [6.07, 6.45) is 7.00. The standard InChI is InChI=1S/C29H34ClN7O/c1-18-12-19(2)15-35(14-18)21-7-8-24(30)23(13-21)22-6-5-11-37-28(22)33-27(34-37)25-9-10-26(29(32-25)38-4)36-16-20(3)31-17-36/h7-10,13,16-19,22H,5-6,11-12,14-15H2,1-4H3/t18?,19?,22-/m1/s1. The highest BCUT2D eigenvalue weighted by Crippen LogP contribution is 2.39. The highest BCUT2D eigenvalue weighted by atomic mass is 35.5. The molecule has 2 aliphatic rings. The maximum atomic E-state index is 6.82. The molecule has 198 valence electrons. The molecule has 2 aliphatic heterocycles. The Kier molecular flexibility index (Phi) is 6.60. The molecule has 1 fully saturated rings. The first-order valence-electron chi connectivity index (χ1n) is 13.4. The Morgan fingerprint density at radius 1 is 1.05 bits per heavy atom. The number of ether oxygens (including phenoxy) is 1. The molecule has 5 heterocycles. The lowest BCUT2D eigenvalue weighted by atomic mass is 9.89. The topological polar surface area (TPSA) is 73.9 Å². The number of anilines is 1. The minimum atomic E-state index is 0.0900. The summed E-state index contributed by atoms with van der Waals surface area (Å²) in [5, 5.41) is 5.64. The first-order valence-corrected chi connectivity index (χ1v) is 13.8. The highest BCUT2D eigenvalue weighted by molar-refractivity contribution is 6.31. The zero-order valence-electron chi connectivity index (χ0n) is 22.4. The van der Waals surface area contributed by atoms with Crippen molar-refractivity contribution in [2.24, 2.45) is 11.8 Å². The summed E-state index contributed by atoms with van der Waals surface area (Å²) >= 11 is 6.82. The normalized spacial score (nSPS) is 21.4. The van der Waals surface area contributed by atoms with Crippen LogP contribution in [0.3, 0.4) is 0 Å². The van der Waals surface area contributed by atoms with Crippen LogP contribution < -0.4 is 9.64 Å². The van der Waals surface area contributed by atoms with Gasteiger partial charge in [0, 0.05) is 42.5 Å². The van der Waals surface area contributed by atoms with Gasteiger partial charge in [-0.05, 0) is 73.9 Å². The van der Waals surface area contributed by atoms with E-state index < -0.39 is 0 Å². The minimum Gasteiger partial charge on any atom is -0.479 e. The summed E-state index contributed by atoms with van der Waals surface area (Å²) in [6, 6.07) is 10.4. The fourth-order valence-corrected chi connectivity index (χ4v) is 6.33. The minimum absolute atomic E-state index is 0.0900. The Labute approximate surface area is 228 Å². The van der Waals surface area contributed by atoms with E-state index in [1.165, 1.54) is 12.1 Å². The van der Waals surface area contributed by atoms with Gasteiger partial charge in [0.15, 0.2) is 5.82 Å². The van der Waals surface area contributed by atoms with Crippen LogP contribution in [0.2, 0.25) is 5.02 Å². The molecule has 6 rings (SSSR count). The number of imidazole rings is 1. The molecule has 0 saturated carbocycles. The molecule has 1 aromatic carbocycles. The van der Waals surface area contributed by atoms with E-state index in [4.69, 9.17) is 31.4 Å². The lowest BCUT2D eigenvalue weighted by Crippen LogP contribution is -2.38. The van der Waals surface area contributed by atoms with Gasteiger partial charge in [-0.2, -0.15) is 0 Å². The van der Waals surface area contributed by atoms with Crippen LogP contribution in [0.25, 0.3) is 17.2 Å². The maximum absolute atomic E-state index is 6.82. The molecule has 3 atom stereocenters. The predicted octanol–water partition coefficient (Wildman–Crippen LogP) is 5.90. The Balaban J connectivity index is 1.33. The molecule has 4 aromatic rings. The molecule has 0 amide bonds. The molecular weight excluding hydrogens is 498 g/mol. The van der Waals surface area contributed by atoms with Crippen molar-refractivity contribution < 1.29 is 4.74 Å². The molecule has 9 heteroatoms. The molecule has 2 unspecified atom stereocenters. The molecule has 0 spiro atoms. The summed E-state index contributed by atoms with van der Waals surface area (Å²) in [6.45, 7) is 9.64. The van der Waals surface area contributed by atoms with Crippen molar-refractivity contribution in [1.82, 2.24) is 29.3 Å². The van der Waals surface area contributed by atoms with E-state index in [-0.39, 0.29) is 5.92 Å². The summed E-state index contributed by atoms with van der Waals surface area (Å²) in [4.78, 5) is 16.6. The van der Waals surface area contributed by atoms with Gasteiger partial charge >= 0.3 is 0 Å². The van der Waals surface area contributed by atoms with Gasteiger partial charge in [-0.25, -0.2) is 19.6 Å². The molecule has 3 aromatic heterocycles. The average molecular weight is 532 g/mol. The van der Waals surface area contributed by atoms with Gasteiger partial charge in [-0.1, -0.05) is 25.4 Å². The summed E-state index contributed by atoms with van der Waals surface area (Å²) in [5.41, 5.74) is 4.81. The first kappa shape index (κ1) is 24.9. The van der Waals surface area contributed by atoms with Gasteiger partial charge in [-0.3, -0.25) is 0 Å². The molecule has 0 radical (unpaired) electrons. The van der Waals surface area contributed by atoms with Gasteiger partial charge in [0.2, 0.25) is 5.88 Å². The SMILES string of the molecule is COc1nc(-c2nc3n(n2)CCC[C@@H]3c2cc(N3CC(C)CC(C)C3)ccc2Cl)ccc1-n1cnc(C)c1. The van der Waals surface area contributed by atoms with E-state index in [9.17, 15) is 0 Å². The fraction of sp³-hybridized carbons (Fsp3) is 0.448. The molecule has 8 nitrogen and oxygen atoms in total. The number of fused-ring (bicyclic) bond motifs is 1. The number of hydrogen-bond donors (Lipinski definition) is 0. The lowest BCUT2D eigenvalue weighted by Gasteiger charge is -2.37. The van der Waals surface area contributed by atoms with Crippen LogP contribution in [0.1, 0.15) is 56.1 Å². The Morgan fingerprint density at radius 3 is 2.61 bits per heavy atom. The second-order valence-electron chi connectivity index (χ2n) is 10.9. The van der Waals surface area contributed by atoms with E-state index in [1.807, 2.05) is 34.5 Å². The van der Waals surface area contributed by atoms with Crippen LogP contribution in [0.15, 0.2) is 42.9 Å². The van der Waals surface area contributed by atoms with Crippen molar-refractivity contribution in [2.75, 3.05) is 25.1 Å². The molecule has 1 saturated heterocycles. The van der Waals surface area contributed by atoms with Crippen molar-refractivity contribution in [3.63, 3.8) is 0 Å². The number of pyridine rings is 1. The third-order valence-electron chi connectivity index (χ3n) is 7.72. The van der Waals surface area contributed by atoms with E-state index in [0.717, 1.165) is 60.3 Å². The first-order chi connectivity index (χ1) is 18.4. The van der Waals surface area contributed by atoms with Crippen LogP contribution in [0, 0.1) is 18.8 Å². The number of aromatic nitrogens is 6. The number of benzene rings is 1. The average Bonchev–Trinajstić information content (AvgIpc) is 3.54. The predicted molar refractivity (Wildman–Crippen MR) is 149 cm³/mol. The Morgan fingerprint density at radius 2 is 1.87 bits per heavy atom. The van der Waals surface area contributed by atoms with Gasteiger partial charge in [0.1, 0.15) is 17.2 Å². The fourth-order valence-electron chi connectivity index (χ4n) is 6.08. The molecule has 0 bridgehead atoms. The maximum Gasteiger partial charge on any atom is 0.238 e. The zero-order chi connectivity index (χ0) is 26.4. The van der Waals surface area contributed by atoms with E-state index in [2.05, 4.69) is 41.9 Å². The van der Waals surface area contributed by atoms with Gasteiger partial charge in [0.25, 0.3) is 0 Å². The summed E-state index contributed by atoms with van der Waals surface area (Å²) in [5.74, 6) is 3.52. The highest BCUT2D eigenvalue weighted by Gasteiger charge is 2.30. The number of piperidine rings is 1. The summed E-state index contributed by atoms with van der Waals surface area (Å²) < 4.78 is 9.56. The van der Waals surface area contributed by atoms with Crippen LogP contribution >= 0.6 is 11.6 Å². The van der Waals surface area contributed by atoms with Crippen LogP contribution in [0.5, 0.6) is 5.88 Å². The molecule has 38 heavy (non-hydrogen) atoms. The second kappa shape index (κ2) is 10.1. The number of halogens is 1. The van der Waals surface area contributed by atoms with E-state index in [1.54, 1.807) is 13.4 Å². The Bertz CT molecular complexity index is 1450. The molecule has 0 N–H and O–H groups in total. The smallest absolute Gasteiger partial charge is 0.238 e. The van der Waals surface area contributed by atoms with Crippen molar-refractivity contribution in [2.45, 2.75) is 52.5 Å². The van der Waals surface area contributed by atoms with Crippen molar-refractivity contribution in [3.05, 3.63) is 65.0 Å². The van der Waals surface area contributed by atoms with Crippen molar-refractivity contribution in [1.29, 1.82) is 0 Å². The largest absolute Gasteiger partial charge is 0.479 e. The van der Waals surface area contributed by atoms with Crippen LogP contribution in [-0.2, 0) is 6.54 Å². The number of methoxy groups -OCH3 is 1. The van der Waals surface area contributed by atoms with Crippen molar-refractivity contribution >= 4 is 17.3 Å². The number of nitrogens with zero attached hydrogens (tertiary/aromatic N) is 7. The van der Waals surface area contributed by atoms with Gasteiger partial charge in [0.05, 0.1) is 19.1 Å². The Hall–Kier alpha value is -3.39. The monoisotopic (exact) mass is 531 g/mol. The van der Waals surface area contributed by atoms with Crippen LogP contribution in [0.4, 0.5) is 5.69 Å². The lowest BCUT2D eigenvalue weighted by molar-refractivity contribution is 0.357. The summed E-state index contributed by atoms with van der Waals surface area (Å²) in [7, 11) is 1.62. The van der Waals surface area contributed by atoms with E-state index >= 15 is 0 Å². The molecule has 0 aliphatic carbocycles. The van der Waals surface area contributed by atoms with E-state index in [0.29, 0.717) is 29.2 Å². The van der Waals surface area contributed by atoms with Gasteiger partial charge in [-0.15, -0.1) is 5.10 Å². The number of hydrogen-bond acceptors (Lipinski definition) is 6. The zero-order valence-corrected chi connectivity index (χ0v) is 23.2.